The first-order chi connectivity index (χ1) is 14.6. The zero-order valence-electron chi connectivity index (χ0n) is 17.6. The molecule has 4 bridgehead atoms. The van der Waals surface area contributed by atoms with E-state index in [1.807, 2.05) is 29.2 Å². The minimum Gasteiger partial charge on any atom is -0.497 e. The second kappa shape index (κ2) is 6.84. The molecule has 0 unspecified atom stereocenters. The first-order valence-corrected chi connectivity index (χ1v) is 11.4. The standard InChI is InChI=1S/C26H30N2O2/c1-30-21-8-6-17(7-9-21)16-28-24(22-4-2-3-5-23(22)25(28)29)27-26-13-18-10-19(14-26)12-20(11-18)15-26/h2-9,18-20,24,27H,10-16H2,1H3/t18?,19?,20?,24-,26?/m1/s1. The number of carbonyl (C=O) groups is 1. The lowest BCUT2D eigenvalue weighted by atomic mass is 9.53. The molecule has 1 atom stereocenters. The summed E-state index contributed by atoms with van der Waals surface area (Å²) in [4.78, 5) is 15.4. The van der Waals surface area contributed by atoms with E-state index in [1.54, 1.807) is 7.11 Å². The van der Waals surface area contributed by atoms with E-state index < -0.39 is 0 Å². The Labute approximate surface area is 178 Å². The predicted octanol–water partition coefficient (Wildman–Crippen LogP) is 4.91. The van der Waals surface area contributed by atoms with Crippen molar-refractivity contribution in [3.63, 3.8) is 0 Å². The van der Waals surface area contributed by atoms with Crippen LogP contribution in [0.1, 0.15) is 66.2 Å². The molecule has 4 saturated carbocycles. The van der Waals surface area contributed by atoms with E-state index in [1.165, 1.54) is 38.5 Å². The van der Waals surface area contributed by atoms with E-state index in [-0.39, 0.29) is 17.6 Å². The summed E-state index contributed by atoms with van der Waals surface area (Å²) < 4.78 is 5.30. The number of hydrogen-bond donors (Lipinski definition) is 1. The molecule has 7 rings (SSSR count). The third-order valence-corrected chi connectivity index (χ3v) is 8.05. The zero-order valence-corrected chi connectivity index (χ0v) is 17.6. The summed E-state index contributed by atoms with van der Waals surface area (Å²) in [5, 5.41) is 4.08. The van der Waals surface area contributed by atoms with Crippen LogP contribution in [0.2, 0.25) is 0 Å². The molecule has 2 aromatic carbocycles. The molecule has 156 valence electrons. The number of fused-ring (bicyclic) bond motifs is 1. The molecule has 5 aliphatic rings. The number of benzene rings is 2. The number of carbonyl (C=O) groups excluding carboxylic acids is 1. The monoisotopic (exact) mass is 402 g/mol. The van der Waals surface area contributed by atoms with Crippen molar-refractivity contribution in [2.24, 2.45) is 17.8 Å². The Morgan fingerprint density at radius 3 is 2.23 bits per heavy atom. The Bertz CT molecular complexity index is 932. The van der Waals surface area contributed by atoms with Crippen molar-refractivity contribution in [2.45, 2.75) is 56.8 Å². The van der Waals surface area contributed by atoms with E-state index in [0.29, 0.717) is 6.54 Å². The molecule has 1 aliphatic heterocycles. The number of rotatable bonds is 5. The highest BCUT2D eigenvalue weighted by atomic mass is 16.5. The lowest BCUT2D eigenvalue weighted by Gasteiger charge is -2.58. The second-order valence-corrected chi connectivity index (χ2v) is 10.1. The predicted molar refractivity (Wildman–Crippen MR) is 116 cm³/mol. The number of nitrogens with one attached hydrogen (secondary N) is 1. The Morgan fingerprint density at radius 2 is 1.60 bits per heavy atom. The summed E-state index contributed by atoms with van der Waals surface area (Å²) in [6.07, 6.45) is 8.09. The first kappa shape index (κ1) is 18.4. The highest BCUT2D eigenvalue weighted by Gasteiger charge is 2.53. The smallest absolute Gasteiger partial charge is 0.256 e. The van der Waals surface area contributed by atoms with Crippen molar-refractivity contribution < 1.29 is 9.53 Å². The molecule has 0 spiro atoms. The Hall–Kier alpha value is -2.33. The fourth-order valence-electron chi connectivity index (χ4n) is 7.19. The van der Waals surface area contributed by atoms with Gasteiger partial charge in [0.1, 0.15) is 11.9 Å². The Kier molecular flexibility index (Phi) is 4.21. The molecule has 4 fully saturated rings. The summed E-state index contributed by atoms with van der Waals surface area (Å²) in [5.41, 5.74) is 3.34. The van der Waals surface area contributed by atoms with Crippen molar-refractivity contribution in [1.82, 2.24) is 10.2 Å². The van der Waals surface area contributed by atoms with E-state index in [2.05, 4.69) is 29.6 Å². The largest absolute Gasteiger partial charge is 0.497 e. The van der Waals surface area contributed by atoms with Crippen LogP contribution in [-0.2, 0) is 6.54 Å². The van der Waals surface area contributed by atoms with Gasteiger partial charge in [-0.2, -0.15) is 0 Å². The van der Waals surface area contributed by atoms with Gasteiger partial charge in [0.15, 0.2) is 0 Å². The molecule has 4 aliphatic carbocycles. The van der Waals surface area contributed by atoms with Crippen LogP contribution >= 0.6 is 0 Å². The number of nitrogens with zero attached hydrogens (tertiary/aromatic N) is 1. The van der Waals surface area contributed by atoms with Gasteiger partial charge in [-0.15, -0.1) is 0 Å². The van der Waals surface area contributed by atoms with Crippen LogP contribution in [0.25, 0.3) is 0 Å². The van der Waals surface area contributed by atoms with Gasteiger partial charge in [0.25, 0.3) is 5.91 Å². The maximum absolute atomic E-state index is 13.4. The van der Waals surface area contributed by atoms with Gasteiger partial charge in [0.2, 0.25) is 0 Å². The average Bonchev–Trinajstić information content (AvgIpc) is 2.99. The van der Waals surface area contributed by atoms with E-state index >= 15 is 0 Å². The third kappa shape index (κ3) is 2.96. The van der Waals surface area contributed by atoms with Crippen LogP contribution in [0, 0.1) is 17.8 Å². The van der Waals surface area contributed by atoms with Crippen LogP contribution in [-0.4, -0.2) is 23.5 Å². The van der Waals surface area contributed by atoms with Crippen molar-refractivity contribution in [3.8, 4) is 5.75 Å². The summed E-state index contributed by atoms with van der Waals surface area (Å²) in [7, 11) is 1.68. The number of methoxy groups -OCH3 is 1. The molecule has 4 heteroatoms. The van der Waals surface area contributed by atoms with Gasteiger partial charge in [-0.1, -0.05) is 30.3 Å². The SMILES string of the molecule is COc1ccc(CN2C(=O)c3ccccc3[C@@H]2NC23CC4CC(CC(C4)C2)C3)cc1. The van der Waals surface area contributed by atoms with E-state index in [0.717, 1.165) is 40.2 Å². The van der Waals surface area contributed by atoms with Crippen molar-refractivity contribution in [2.75, 3.05) is 7.11 Å². The van der Waals surface area contributed by atoms with Gasteiger partial charge in [0, 0.05) is 23.2 Å². The van der Waals surface area contributed by atoms with Gasteiger partial charge in [0.05, 0.1) is 7.11 Å². The van der Waals surface area contributed by atoms with Gasteiger partial charge in [-0.05, 0) is 80.0 Å². The second-order valence-electron chi connectivity index (χ2n) is 10.1. The van der Waals surface area contributed by atoms with Gasteiger partial charge in [-0.3, -0.25) is 10.1 Å². The van der Waals surface area contributed by atoms with Crippen LogP contribution in [0.15, 0.2) is 48.5 Å². The van der Waals surface area contributed by atoms with Gasteiger partial charge in [-0.25, -0.2) is 0 Å². The highest BCUT2D eigenvalue weighted by Crippen LogP contribution is 2.56. The normalized spacial score (nSPS) is 33.8. The van der Waals surface area contributed by atoms with Crippen molar-refractivity contribution in [1.29, 1.82) is 0 Å². The molecule has 4 nitrogen and oxygen atoms in total. The average molecular weight is 403 g/mol. The molecular formula is C26H30N2O2. The van der Waals surface area contributed by atoms with Crippen LogP contribution in [0.5, 0.6) is 5.75 Å². The first-order valence-electron chi connectivity index (χ1n) is 11.4. The minimum atomic E-state index is -0.0351. The minimum absolute atomic E-state index is 0.0351. The lowest BCUT2D eigenvalue weighted by Crippen LogP contribution is -2.60. The molecule has 0 radical (unpaired) electrons. The summed E-state index contributed by atoms with van der Waals surface area (Å²) in [6, 6.07) is 16.3. The molecule has 1 amide bonds. The van der Waals surface area contributed by atoms with Crippen LogP contribution in [0.3, 0.4) is 0 Å². The summed E-state index contributed by atoms with van der Waals surface area (Å²) in [6.45, 7) is 0.613. The van der Waals surface area contributed by atoms with Crippen LogP contribution in [0.4, 0.5) is 0 Å². The highest BCUT2D eigenvalue weighted by molar-refractivity contribution is 5.99. The van der Waals surface area contributed by atoms with Crippen molar-refractivity contribution in [3.05, 3.63) is 65.2 Å². The molecule has 1 N–H and O–H groups in total. The number of ether oxygens (including phenoxy) is 1. The third-order valence-electron chi connectivity index (χ3n) is 8.05. The number of amides is 1. The van der Waals surface area contributed by atoms with Gasteiger partial charge < -0.3 is 9.64 Å². The molecule has 1 heterocycles. The molecule has 2 aromatic rings. The zero-order chi connectivity index (χ0) is 20.3. The molecule has 30 heavy (non-hydrogen) atoms. The van der Waals surface area contributed by atoms with E-state index in [4.69, 9.17) is 4.74 Å². The maximum atomic E-state index is 13.4. The maximum Gasteiger partial charge on any atom is 0.256 e. The molecular weight excluding hydrogens is 372 g/mol. The molecule has 0 saturated heterocycles. The van der Waals surface area contributed by atoms with Crippen molar-refractivity contribution >= 4 is 5.91 Å². The van der Waals surface area contributed by atoms with Crippen LogP contribution < -0.4 is 10.1 Å². The Balaban J connectivity index is 1.32. The van der Waals surface area contributed by atoms with E-state index in [9.17, 15) is 4.79 Å². The lowest BCUT2D eigenvalue weighted by molar-refractivity contribution is -0.0362. The fourth-order valence-corrected chi connectivity index (χ4v) is 7.19. The molecule has 0 aromatic heterocycles. The quantitative estimate of drug-likeness (QED) is 0.773. The topological polar surface area (TPSA) is 41.6 Å². The number of hydrogen-bond acceptors (Lipinski definition) is 3. The van der Waals surface area contributed by atoms with Gasteiger partial charge >= 0.3 is 0 Å². The summed E-state index contributed by atoms with van der Waals surface area (Å²) >= 11 is 0. The Morgan fingerprint density at radius 1 is 0.967 bits per heavy atom. The fraction of sp³-hybridized carbons (Fsp3) is 0.500. The summed E-state index contributed by atoms with van der Waals surface area (Å²) in [5.74, 6) is 3.63.